The number of aromatic nitrogens is 2. The second kappa shape index (κ2) is 6.87. The van der Waals surface area contributed by atoms with Crippen LogP contribution in [0, 0.1) is 0 Å². The lowest BCUT2D eigenvalue weighted by Gasteiger charge is -2.35. The van der Waals surface area contributed by atoms with Gasteiger partial charge in [-0.3, -0.25) is 4.79 Å². The van der Waals surface area contributed by atoms with Crippen molar-refractivity contribution < 1.29 is 4.79 Å². The van der Waals surface area contributed by atoms with E-state index < -0.39 is 0 Å². The van der Waals surface area contributed by atoms with Crippen LogP contribution in [-0.2, 0) is 11.2 Å². The maximum Gasteiger partial charge on any atom is 0.227 e. The summed E-state index contributed by atoms with van der Waals surface area (Å²) in [5.74, 6) is 1.06. The van der Waals surface area contributed by atoms with E-state index in [1.807, 2.05) is 41.3 Å². The molecule has 114 valence electrons. The third-order valence-electron chi connectivity index (χ3n) is 3.78. The molecular weight excluding hydrogens is 344 g/mol. The predicted molar refractivity (Wildman–Crippen MR) is 88.7 cm³/mol. The Morgan fingerprint density at radius 1 is 1.09 bits per heavy atom. The van der Waals surface area contributed by atoms with E-state index in [2.05, 4.69) is 31.0 Å². The molecule has 6 heteroatoms. The van der Waals surface area contributed by atoms with Crippen molar-refractivity contribution in [3.8, 4) is 0 Å². The van der Waals surface area contributed by atoms with Crippen molar-refractivity contribution in [2.45, 2.75) is 6.42 Å². The molecule has 22 heavy (non-hydrogen) atoms. The first-order valence-corrected chi connectivity index (χ1v) is 8.06. The van der Waals surface area contributed by atoms with Crippen molar-refractivity contribution in [2.24, 2.45) is 0 Å². The molecule has 1 aliphatic heterocycles. The molecule has 0 unspecified atom stereocenters. The Morgan fingerprint density at radius 3 is 2.45 bits per heavy atom. The summed E-state index contributed by atoms with van der Waals surface area (Å²) in [5, 5.41) is 8.02. The van der Waals surface area contributed by atoms with Gasteiger partial charge in [-0.25, -0.2) is 0 Å². The second-order valence-corrected chi connectivity index (χ2v) is 6.17. The minimum absolute atomic E-state index is 0.182. The van der Waals surface area contributed by atoms with Crippen LogP contribution in [0.4, 0.5) is 5.82 Å². The topological polar surface area (TPSA) is 49.3 Å². The Morgan fingerprint density at radius 2 is 1.82 bits per heavy atom. The Kier molecular flexibility index (Phi) is 4.68. The van der Waals surface area contributed by atoms with E-state index in [0.717, 1.165) is 42.0 Å². The zero-order valence-electron chi connectivity index (χ0n) is 12.2. The number of hydrogen-bond donors (Lipinski definition) is 0. The third kappa shape index (κ3) is 3.62. The van der Waals surface area contributed by atoms with E-state index in [0.29, 0.717) is 6.42 Å². The molecule has 2 heterocycles. The largest absolute Gasteiger partial charge is 0.352 e. The molecule has 5 nitrogen and oxygen atoms in total. The van der Waals surface area contributed by atoms with Gasteiger partial charge in [0, 0.05) is 36.8 Å². The quantitative estimate of drug-likeness (QED) is 0.841. The molecule has 1 amide bonds. The summed E-state index contributed by atoms with van der Waals surface area (Å²) in [7, 11) is 0. The van der Waals surface area contributed by atoms with Crippen LogP contribution in [0.1, 0.15) is 5.56 Å². The molecule has 0 aliphatic carbocycles. The fourth-order valence-corrected chi connectivity index (χ4v) is 2.80. The van der Waals surface area contributed by atoms with Gasteiger partial charge < -0.3 is 9.80 Å². The Balaban J connectivity index is 1.54. The van der Waals surface area contributed by atoms with Crippen molar-refractivity contribution >= 4 is 27.7 Å². The molecule has 0 N–H and O–H groups in total. The fraction of sp³-hybridized carbons (Fsp3) is 0.312. The Bertz CT molecular complexity index is 624. The first-order chi connectivity index (χ1) is 10.7. The molecule has 0 atom stereocenters. The average Bonchev–Trinajstić information content (AvgIpc) is 2.58. The van der Waals surface area contributed by atoms with Gasteiger partial charge in [-0.15, -0.1) is 5.10 Å². The summed E-state index contributed by atoms with van der Waals surface area (Å²) in [6.45, 7) is 3.05. The van der Waals surface area contributed by atoms with Crippen LogP contribution >= 0.6 is 15.9 Å². The highest BCUT2D eigenvalue weighted by molar-refractivity contribution is 9.10. The first-order valence-electron chi connectivity index (χ1n) is 7.27. The van der Waals surface area contributed by atoms with E-state index in [9.17, 15) is 4.79 Å². The van der Waals surface area contributed by atoms with Gasteiger partial charge in [0.05, 0.1) is 6.42 Å². The maximum absolute atomic E-state index is 12.4. The monoisotopic (exact) mass is 360 g/mol. The number of anilines is 1. The molecule has 1 aliphatic rings. The second-order valence-electron chi connectivity index (χ2n) is 5.25. The average molecular weight is 361 g/mol. The number of carbonyl (C=O) groups is 1. The molecule has 0 bridgehead atoms. The van der Waals surface area contributed by atoms with Gasteiger partial charge in [-0.05, 0) is 29.8 Å². The van der Waals surface area contributed by atoms with Crippen LogP contribution < -0.4 is 4.90 Å². The highest BCUT2D eigenvalue weighted by atomic mass is 79.9. The van der Waals surface area contributed by atoms with Gasteiger partial charge in [0.15, 0.2) is 5.82 Å². The lowest BCUT2D eigenvalue weighted by atomic mass is 10.1. The van der Waals surface area contributed by atoms with E-state index in [4.69, 9.17) is 0 Å². The predicted octanol–water partition coefficient (Wildman–Crippen LogP) is 2.13. The van der Waals surface area contributed by atoms with Gasteiger partial charge >= 0.3 is 0 Å². The molecule has 3 rings (SSSR count). The lowest BCUT2D eigenvalue weighted by molar-refractivity contribution is -0.130. The van der Waals surface area contributed by atoms with E-state index in [1.165, 1.54) is 0 Å². The lowest BCUT2D eigenvalue weighted by Crippen LogP contribution is -2.49. The van der Waals surface area contributed by atoms with Gasteiger partial charge in [-0.1, -0.05) is 28.1 Å². The molecule has 2 aromatic rings. The van der Waals surface area contributed by atoms with Crippen molar-refractivity contribution in [3.63, 3.8) is 0 Å². The summed E-state index contributed by atoms with van der Waals surface area (Å²) in [6, 6.07) is 11.7. The Labute approximate surface area is 138 Å². The highest BCUT2D eigenvalue weighted by Crippen LogP contribution is 2.14. The molecule has 1 saturated heterocycles. The number of benzene rings is 1. The van der Waals surface area contributed by atoms with Crippen molar-refractivity contribution in [2.75, 3.05) is 31.1 Å². The number of carbonyl (C=O) groups excluding carboxylic acids is 1. The number of piperazine rings is 1. The van der Waals surface area contributed by atoms with Crippen LogP contribution in [0.5, 0.6) is 0 Å². The third-order valence-corrected chi connectivity index (χ3v) is 4.31. The summed E-state index contributed by atoms with van der Waals surface area (Å²) in [6.07, 6.45) is 2.12. The summed E-state index contributed by atoms with van der Waals surface area (Å²) in [5.41, 5.74) is 1.05. The zero-order valence-corrected chi connectivity index (χ0v) is 13.7. The van der Waals surface area contributed by atoms with Gasteiger partial charge in [0.25, 0.3) is 0 Å². The van der Waals surface area contributed by atoms with E-state index in [1.54, 1.807) is 6.20 Å². The van der Waals surface area contributed by atoms with Gasteiger partial charge in [0.1, 0.15) is 0 Å². The molecule has 1 aromatic carbocycles. The molecule has 0 spiro atoms. The summed E-state index contributed by atoms with van der Waals surface area (Å²) >= 11 is 3.41. The van der Waals surface area contributed by atoms with Gasteiger partial charge in [0.2, 0.25) is 5.91 Å². The number of rotatable bonds is 3. The number of hydrogen-bond acceptors (Lipinski definition) is 4. The van der Waals surface area contributed by atoms with Crippen LogP contribution in [0.15, 0.2) is 47.1 Å². The smallest absolute Gasteiger partial charge is 0.227 e. The highest BCUT2D eigenvalue weighted by Gasteiger charge is 2.21. The van der Waals surface area contributed by atoms with Crippen LogP contribution in [0.2, 0.25) is 0 Å². The minimum atomic E-state index is 0.182. The number of halogens is 1. The molecular formula is C16H17BrN4O. The summed E-state index contributed by atoms with van der Waals surface area (Å²) in [4.78, 5) is 16.5. The van der Waals surface area contributed by atoms with Crippen molar-refractivity contribution in [1.29, 1.82) is 0 Å². The van der Waals surface area contributed by atoms with E-state index in [-0.39, 0.29) is 5.91 Å². The zero-order chi connectivity index (χ0) is 15.4. The van der Waals surface area contributed by atoms with Crippen molar-refractivity contribution in [1.82, 2.24) is 15.1 Å². The van der Waals surface area contributed by atoms with Crippen molar-refractivity contribution in [3.05, 3.63) is 52.6 Å². The van der Waals surface area contributed by atoms with Gasteiger partial charge in [-0.2, -0.15) is 5.10 Å². The molecule has 1 aromatic heterocycles. The van der Waals surface area contributed by atoms with E-state index >= 15 is 0 Å². The normalized spacial score (nSPS) is 15.0. The van der Waals surface area contributed by atoms with Crippen LogP contribution in [0.25, 0.3) is 0 Å². The number of nitrogens with zero attached hydrogens (tertiary/aromatic N) is 4. The number of amides is 1. The fourth-order valence-electron chi connectivity index (χ4n) is 2.54. The standard InChI is InChI=1S/C16H17BrN4O/c17-14-5-3-13(4-6-14)12-16(22)21-10-8-20(9-11-21)15-2-1-7-18-19-15/h1-7H,8-12H2. The summed E-state index contributed by atoms with van der Waals surface area (Å²) < 4.78 is 1.03. The minimum Gasteiger partial charge on any atom is -0.352 e. The van der Waals surface area contributed by atoms with Crippen LogP contribution in [-0.4, -0.2) is 47.2 Å². The van der Waals surface area contributed by atoms with Crippen LogP contribution in [0.3, 0.4) is 0 Å². The SMILES string of the molecule is O=C(Cc1ccc(Br)cc1)N1CCN(c2cccnn2)CC1. The molecule has 1 fully saturated rings. The Hall–Kier alpha value is -1.95. The maximum atomic E-state index is 12.4. The molecule has 0 saturated carbocycles. The molecule has 0 radical (unpaired) electrons. The first kappa shape index (κ1) is 15.0.